The van der Waals surface area contributed by atoms with Gasteiger partial charge in [0.2, 0.25) is 0 Å². The second-order valence-corrected chi connectivity index (χ2v) is 3.92. The summed E-state index contributed by atoms with van der Waals surface area (Å²) in [7, 11) is 0. The summed E-state index contributed by atoms with van der Waals surface area (Å²) in [5, 5.41) is 6.47. The Balaban J connectivity index is 2.03. The first-order valence-corrected chi connectivity index (χ1v) is 5.08. The molecule has 1 aromatic rings. The highest BCUT2D eigenvalue weighted by Crippen LogP contribution is 2.16. The minimum Gasteiger partial charge on any atom is -0.314 e. The summed E-state index contributed by atoms with van der Waals surface area (Å²) in [6.45, 7) is 3.83. The largest absolute Gasteiger partial charge is 0.314 e. The van der Waals surface area contributed by atoms with Crippen molar-refractivity contribution in [2.45, 2.75) is 19.0 Å². The van der Waals surface area contributed by atoms with Crippen molar-refractivity contribution in [3.05, 3.63) is 35.4 Å². The standard InChI is InChI=1S/C11H14F2N2/c1-7(15-9-5-14-6-9)8-2-3-10(12)11(13)4-8/h2-4,7,9,14-15H,5-6H2,1H3. The SMILES string of the molecule is CC(NC1CNC1)c1ccc(F)c(F)c1. The highest BCUT2D eigenvalue weighted by molar-refractivity contribution is 5.21. The van der Waals surface area contributed by atoms with E-state index < -0.39 is 11.6 Å². The van der Waals surface area contributed by atoms with Crippen LogP contribution in [0.1, 0.15) is 18.5 Å². The second kappa shape index (κ2) is 4.24. The molecule has 0 spiro atoms. The van der Waals surface area contributed by atoms with Gasteiger partial charge in [0, 0.05) is 25.2 Å². The van der Waals surface area contributed by atoms with Crippen LogP contribution in [-0.2, 0) is 0 Å². The molecular formula is C11H14F2N2. The van der Waals surface area contributed by atoms with Crippen LogP contribution in [0.4, 0.5) is 8.78 Å². The molecule has 1 fully saturated rings. The average Bonchev–Trinajstić information content (AvgIpc) is 2.15. The lowest BCUT2D eigenvalue weighted by atomic mass is 10.1. The molecule has 1 unspecified atom stereocenters. The van der Waals surface area contributed by atoms with Crippen LogP contribution < -0.4 is 10.6 Å². The first-order chi connectivity index (χ1) is 7.16. The van der Waals surface area contributed by atoms with Gasteiger partial charge < -0.3 is 10.6 Å². The summed E-state index contributed by atoms with van der Waals surface area (Å²) >= 11 is 0. The van der Waals surface area contributed by atoms with Gasteiger partial charge in [-0.25, -0.2) is 8.78 Å². The molecule has 0 radical (unpaired) electrons. The molecule has 1 saturated heterocycles. The van der Waals surface area contributed by atoms with Crippen LogP contribution in [0.2, 0.25) is 0 Å². The van der Waals surface area contributed by atoms with Gasteiger partial charge in [0.15, 0.2) is 11.6 Å². The fraction of sp³-hybridized carbons (Fsp3) is 0.455. The van der Waals surface area contributed by atoms with E-state index in [2.05, 4.69) is 10.6 Å². The van der Waals surface area contributed by atoms with Gasteiger partial charge in [-0.1, -0.05) is 6.07 Å². The third kappa shape index (κ3) is 2.33. The van der Waals surface area contributed by atoms with Crippen molar-refractivity contribution in [2.24, 2.45) is 0 Å². The molecule has 1 aliphatic rings. The summed E-state index contributed by atoms with van der Waals surface area (Å²) < 4.78 is 25.7. The van der Waals surface area contributed by atoms with Crippen molar-refractivity contribution in [1.82, 2.24) is 10.6 Å². The molecule has 82 valence electrons. The topological polar surface area (TPSA) is 24.1 Å². The lowest BCUT2D eigenvalue weighted by molar-refractivity contribution is 0.337. The first-order valence-electron chi connectivity index (χ1n) is 5.08. The Hall–Kier alpha value is -1.00. The van der Waals surface area contributed by atoms with E-state index in [0.29, 0.717) is 6.04 Å². The number of benzene rings is 1. The van der Waals surface area contributed by atoms with Crippen LogP contribution in [0.15, 0.2) is 18.2 Å². The highest BCUT2D eigenvalue weighted by atomic mass is 19.2. The minimum atomic E-state index is -0.795. The summed E-state index contributed by atoms with van der Waals surface area (Å²) in [6, 6.07) is 4.52. The molecule has 0 aromatic heterocycles. The van der Waals surface area contributed by atoms with Gasteiger partial charge in [0.1, 0.15) is 0 Å². The number of rotatable bonds is 3. The molecular weight excluding hydrogens is 198 g/mol. The minimum absolute atomic E-state index is 0.0483. The normalized spacial score (nSPS) is 18.6. The van der Waals surface area contributed by atoms with Gasteiger partial charge in [-0.2, -0.15) is 0 Å². The summed E-state index contributed by atoms with van der Waals surface area (Å²) in [5.41, 5.74) is 0.779. The lowest BCUT2D eigenvalue weighted by Crippen LogP contribution is -2.55. The Labute approximate surface area is 87.7 Å². The lowest BCUT2D eigenvalue weighted by Gasteiger charge is -2.31. The second-order valence-electron chi connectivity index (χ2n) is 3.92. The van der Waals surface area contributed by atoms with E-state index >= 15 is 0 Å². The quantitative estimate of drug-likeness (QED) is 0.795. The average molecular weight is 212 g/mol. The van der Waals surface area contributed by atoms with E-state index in [4.69, 9.17) is 0 Å². The van der Waals surface area contributed by atoms with Gasteiger partial charge in [0.05, 0.1) is 0 Å². The van der Waals surface area contributed by atoms with Gasteiger partial charge >= 0.3 is 0 Å². The monoisotopic (exact) mass is 212 g/mol. The van der Waals surface area contributed by atoms with Crippen molar-refractivity contribution in [3.63, 3.8) is 0 Å². The van der Waals surface area contributed by atoms with Gasteiger partial charge in [-0.05, 0) is 24.6 Å². The van der Waals surface area contributed by atoms with E-state index in [0.717, 1.165) is 18.7 Å². The van der Waals surface area contributed by atoms with Crippen LogP contribution in [0, 0.1) is 11.6 Å². The van der Waals surface area contributed by atoms with Gasteiger partial charge in [-0.3, -0.25) is 0 Å². The van der Waals surface area contributed by atoms with Crippen LogP contribution in [0.3, 0.4) is 0 Å². The summed E-state index contributed by atoms with van der Waals surface area (Å²) in [5.74, 6) is -1.58. The Kier molecular flexibility index (Phi) is 2.98. The van der Waals surface area contributed by atoms with Gasteiger partial charge in [0.25, 0.3) is 0 Å². The van der Waals surface area contributed by atoms with Gasteiger partial charge in [-0.15, -0.1) is 0 Å². The molecule has 1 atom stereocenters. The fourth-order valence-corrected chi connectivity index (χ4v) is 1.64. The Morgan fingerprint density at radius 1 is 1.33 bits per heavy atom. The van der Waals surface area contributed by atoms with E-state index in [1.165, 1.54) is 12.1 Å². The van der Waals surface area contributed by atoms with E-state index in [9.17, 15) is 8.78 Å². The zero-order valence-electron chi connectivity index (χ0n) is 8.56. The van der Waals surface area contributed by atoms with Crippen LogP contribution in [0.25, 0.3) is 0 Å². The highest BCUT2D eigenvalue weighted by Gasteiger charge is 2.19. The zero-order chi connectivity index (χ0) is 10.8. The van der Waals surface area contributed by atoms with Crippen LogP contribution in [-0.4, -0.2) is 19.1 Å². The van der Waals surface area contributed by atoms with E-state index in [1.54, 1.807) is 6.07 Å². The molecule has 15 heavy (non-hydrogen) atoms. The van der Waals surface area contributed by atoms with Crippen molar-refractivity contribution < 1.29 is 8.78 Å². The molecule has 0 saturated carbocycles. The molecule has 1 heterocycles. The fourth-order valence-electron chi connectivity index (χ4n) is 1.64. The van der Waals surface area contributed by atoms with E-state index in [1.807, 2.05) is 6.92 Å². The zero-order valence-corrected chi connectivity index (χ0v) is 8.56. The summed E-state index contributed by atoms with van der Waals surface area (Å²) in [4.78, 5) is 0. The first kappa shape index (κ1) is 10.5. The number of hydrogen-bond acceptors (Lipinski definition) is 2. The summed E-state index contributed by atoms with van der Waals surface area (Å²) in [6.07, 6.45) is 0. The molecule has 0 amide bonds. The van der Waals surface area contributed by atoms with Crippen LogP contribution >= 0.6 is 0 Å². The molecule has 1 aromatic carbocycles. The number of hydrogen-bond donors (Lipinski definition) is 2. The van der Waals surface area contributed by atoms with Crippen molar-refractivity contribution in [2.75, 3.05) is 13.1 Å². The maximum absolute atomic E-state index is 13.0. The van der Waals surface area contributed by atoms with Crippen molar-refractivity contribution >= 4 is 0 Å². The predicted octanol–water partition coefficient (Wildman–Crippen LogP) is 1.59. The van der Waals surface area contributed by atoms with Crippen molar-refractivity contribution in [3.8, 4) is 0 Å². The third-order valence-corrected chi connectivity index (χ3v) is 2.71. The molecule has 2 rings (SSSR count). The molecule has 0 bridgehead atoms. The molecule has 0 aliphatic carbocycles. The predicted molar refractivity (Wildman–Crippen MR) is 54.6 cm³/mol. The Bertz CT molecular complexity index is 350. The number of halogens is 2. The molecule has 1 aliphatic heterocycles. The maximum atomic E-state index is 13.0. The molecule has 2 N–H and O–H groups in total. The Morgan fingerprint density at radius 3 is 2.60 bits per heavy atom. The van der Waals surface area contributed by atoms with Crippen LogP contribution in [0.5, 0.6) is 0 Å². The Morgan fingerprint density at radius 2 is 2.07 bits per heavy atom. The van der Waals surface area contributed by atoms with Crippen molar-refractivity contribution in [1.29, 1.82) is 0 Å². The molecule has 4 heteroatoms. The molecule has 2 nitrogen and oxygen atoms in total. The maximum Gasteiger partial charge on any atom is 0.159 e. The number of nitrogens with one attached hydrogen (secondary N) is 2. The third-order valence-electron chi connectivity index (χ3n) is 2.71. The van der Waals surface area contributed by atoms with E-state index in [-0.39, 0.29) is 6.04 Å². The smallest absolute Gasteiger partial charge is 0.159 e.